The van der Waals surface area contributed by atoms with Gasteiger partial charge in [-0.15, -0.1) is 11.3 Å². The third-order valence-corrected chi connectivity index (χ3v) is 4.89. The molecule has 0 bridgehead atoms. The molecular formula is C21H22N2O4S. The van der Waals surface area contributed by atoms with Crippen LogP contribution in [0.3, 0.4) is 0 Å². The van der Waals surface area contributed by atoms with Gasteiger partial charge in [-0.3, -0.25) is 9.59 Å². The maximum Gasteiger partial charge on any atom is 0.258 e. The van der Waals surface area contributed by atoms with Gasteiger partial charge in [0.1, 0.15) is 17.6 Å². The molecule has 2 heterocycles. The molecule has 3 aromatic rings. The molecule has 0 unspecified atom stereocenters. The number of rotatable bonds is 9. The van der Waals surface area contributed by atoms with Crippen molar-refractivity contribution in [3.8, 4) is 5.75 Å². The van der Waals surface area contributed by atoms with Crippen LogP contribution in [-0.2, 0) is 22.7 Å². The maximum absolute atomic E-state index is 12.9. The first kappa shape index (κ1) is 19.7. The summed E-state index contributed by atoms with van der Waals surface area (Å²) in [6.07, 6.45) is 1.58. The first-order chi connectivity index (χ1) is 13.6. The minimum Gasteiger partial charge on any atom is -0.484 e. The Kier molecular flexibility index (Phi) is 6.86. The predicted molar refractivity (Wildman–Crippen MR) is 107 cm³/mol. The van der Waals surface area contributed by atoms with E-state index in [4.69, 9.17) is 9.15 Å². The van der Waals surface area contributed by atoms with Crippen molar-refractivity contribution < 1.29 is 18.7 Å². The summed E-state index contributed by atoms with van der Waals surface area (Å²) < 4.78 is 10.8. The Balaban J connectivity index is 1.57. The predicted octanol–water partition coefficient (Wildman–Crippen LogP) is 3.45. The number of hydrogen-bond acceptors (Lipinski definition) is 5. The van der Waals surface area contributed by atoms with Gasteiger partial charge in [-0.25, -0.2) is 0 Å². The first-order valence-electron chi connectivity index (χ1n) is 8.92. The molecule has 3 rings (SSSR count). The van der Waals surface area contributed by atoms with Crippen LogP contribution in [-0.4, -0.2) is 29.4 Å². The summed E-state index contributed by atoms with van der Waals surface area (Å²) in [6, 6.07) is 15.9. The van der Waals surface area contributed by atoms with Crippen LogP contribution in [0.2, 0.25) is 0 Å². The van der Waals surface area contributed by atoms with Crippen molar-refractivity contribution in [2.45, 2.75) is 26.1 Å². The highest BCUT2D eigenvalue weighted by Gasteiger charge is 2.23. The van der Waals surface area contributed by atoms with Crippen molar-refractivity contribution in [1.29, 1.82) is 0 Å². The largest absolute Gasteiger partial charge is 0.484 e. The second-order valence-electron chi connectivity index (χ2n) is 6.24. The molecule has 0 fully saturated rings. The molecular weight excluding hydrogens is 376 g/mol. The van der Waals surface area contributed by atoms with E-state index in [1.165, 1.54) is 0 Å². The lowest BCUT2D eigenvalue weighted by Gasteiger charge is -2.25. The molecule has 2 amide bonds. The van der Waals surface area contributed by atoms with Crippen molar-refractivity contribution >= 4 is 23.2 Å². The van der Waals surface area contributed by atoms with Crippen LogP contribution in [0.4, 0.5) is 0 Å². The Labute approximate surface area is 167 Å². The first-order valence-corrected chi connectivity index (χ1v) is 9.80. The molecule has 146 valence electrons. The van der Waals surface area contributed by atoms with Gasteiger partial charge in [-0.2, -0.15) is 0 Å². The Morgan fingerprint density at radius 1 is 1.11 bits per heavy atom. The molecule has 0 aliphatic carbocycles. The molecule has 0 saturated carbocycles. The lowest BCUT2D eigenvalue weighted by molar-refractivity contribution is -0.137. The van der Waals surface area contributed by atoms with Crippen molar-refractivity contribution in [2.75, 3.05) is 6.61 Å². The van der Waals surface area contributed by atoms with Gasteiger partial charge in [-0.1, -0.05) is 24.3 Å². The van der Waals surface area contributed by atoms with Gasteiger partial charge in [0, 0.05) is 4.88 Å². The second kappa shape index (κ2) is 9.75. The molecule has 0 saturated heterocycles. The van der Waals surface area contributed by atoms with E-state index < -0.39 is 6.04 Å². The van der Waals surface area contributed by atoms with Crippen molar-refractivity contribution in [1.82, 2.24) is 10.2 Å². The summed E-state index contributed by atoms with van der Waals surface area (Å²) in [6.45, 7) is 2.32. The number of furan rings is 1. The Morgan fingerprint density at radius 3 is 2.61 bits per heavy atom. The third-order valence-electron chi connectivity index (χ3n) is 4.03. The molecule has 1 N–H and O–H groups in total. The highest BCUT2D eigenvalue weighted by molar-refractivity contribution is 7.09. The fourth-order valence-electron chi connectivity index (χ4n) is 2.68. The number of para-hydroxylation sites is 1. The van der Waals surface area contributed by atoms with Gasteiger partial charge in [0.05, 0.1) is 19.4 Å². The number of thiophene rings is 1. The molecule has 2 aromatic heterocycles. The lowest BCUT2D eigenvalue weighted by atomic mass is 10.2. The van der Waals surface area contributed by atoms with E-state index in [-0.39, 0.29) is 18.4 Å². The lowest BCUT2D eigenvalue weighted by Crippen LogP contribution is -2.47. The summed E-state index contributed by atoms with van der Waals surface area (Å²) in [4.78, 5) is 27.8. The smallest absolute Gasteiger partial charge is 0.258 e. The van der Waals surface area contributed by atoms with Crippen LogP contribution in [0, 0.1) is 0 Å². The van der Waals surface area contributed by atoms with E-state index >= 15 is 0 Å². The van der Waals surface area contributed by atoms with Crippen molar-refractivity contribution in [3.63, 3.8) is 0 Å². The number of benzene rings is 1. The second-order valence-corrected chi connectivity index (χ2v) is 7.28. The third kappa shape index (κ3) is 5.72. The monoisotopic (exact) mass is 398 g/mol. The fraction of sp³-hybridized carbons (Fsp3) is 0.238. The quantitative estimate of drug-likeness (QED) is 0.599. The molecule has 6 nitrogen and oxygen atoms in total. The summed E-state index contributed by atoms with van der Waals surface area (Å²) in [5, 5.41) is 4.68. The SMILES string of the molecule is C[C@H](NC(=O)COc1ccccc1)C(=O)N(Cc1ccco1)Cc1cccs1. The minimum absolute atomic E-state index is 0.148. The summed E-state index contributed by atoms with van der Waals surface area (Å²) in [5.74, 6) is 0.765. The highest BCUT2D eigenvalue weighted by atomic mass is 32.1. The van der Waals surface area contributed by atoms with Crippen LogP contribution in [0.25, 0.3) is 0 Å². The molecule has 0 spiro atoms. The van der Waals surface area contributed by atoms with Crippen LogP contribution >= 0.6 is 11.3 Å². The molecule has 0 radical (unpaired) electrons. The number of carbonyl (C=O) groups is 2. The standard InChI is InChI=1S/C21H22N2O4S/c1-16(22-20(24)15-27-17-7-3-2-4-8-17)21(25)23(13-18-9-5-11-26-18)14-19-10-6-12-28-19/h2-12,16H,13-15H2,1H3,(H,22,24)/t16-/m0/s1. The number of nitrogens with one attached hydrogen (secondary N) is 1. The van der Waals surface area contributed by atoms with Gasteiger partial charge in [0.2, 0.25) is 5.91 Å². The summed E-state index contributed by atoms with van der Waals surface area (Å²) in [7, 11) is 0. The van der Waals surface area contributed by atoms with Crippen LogP contribution in [0.1, 0.15) is 17.6 Å². The topological polar surface area (TPSA) is 71.8 Å². The Bertz CT molecular complexity index is 827. The normalized spacial score (nSPS) is 11.6. The van der Waals surface area contributed by atoms with Crippen molar-refractivity contribution in [2.24, 2.45) is 0 Å². The van der Waals surface area contributed by atoms with E-state index in [0.717, 1.165) is 4.88 Å². The zero-order valence-corrected chi connectivity index (χ0v) is 16.4. The van der Waals surface area contributed by atoms with E-state index in [1.54, 1.807) is 47.6 Å². The molecule has 0 aliphatic rings. The average molecular weight is 398 g/mol. The van der Waals surface area contributed by atoms with Gasteiger partial charge < -0.3 is 19.4 Å². The van der Waals surface area contributed by atoms with E-state index in [9.17, 15) is 9.59 Å². The fourth-order valence-corrected chi connectivity index (χ4v) is 3.40. The molecule has 7 heteroatoms. The van der Waals surface area contributed by atoms with E-state index in [1.807, 2.05) is 41.8 Å². The van der Waals surface area contributed by atoms with Crippen molar-refractivity contribution in [3.05, 3.63) is 76.9 Å². The zero-order valence-electron chi connectivity index (χ0n) is 15.5. The van der Waals surface area contributed by atoms with Crippen LogP contribution in [0.15, 0.2) is 70.7 Å². The van der Waals surface area contributed by atoms with Crippen LogP contribution < -0.4 is 10.1 Å². The molecule has 0 aliphatic heterocycles. The Hall–Kier alpha value is -3.06. The molecule has 1 atom stereocenters. The highest BCUT2D eigenvalue weighted by Crippen LogP contribution is 2.16. The van der Waals surface area contributed by atoms with E-state index in [0.29, 0.717) is 24.6 Å². The van der Waals surface area contributed by atoms with Gasteiger partial charge in [0.25, 0.3) is 5.91 Å². The Morgan fingerprint density at radius 2 is 1.93 bits per heavy atom. The summed E-state index contributed by atoms with van der Waals surface area (Å²) >= 11 is 1.58. The number of amides is 2. The molecule has 28 heavy (non-hydrogen) atoms. The number of carbonyl (C=O) groups excluding carboxylic acids is 2. The molecule has 1 aromatic carbocycles. The minimum atomic E-state index is -0.679. The number of nitrogens with zero attached hydrogens (tertiary/aromatic N) is 1. The summed E-state index contributed by atoms with van der Waals surface area (Å²) in [5.41, 5.74) is 0. The number of hydrogen-bond donors (Lipinski definition) is 1. The zero-order chi connectivity index (χ0) is 19.8. The van der Waals surface area contributed by atoms with Crippen LogP contribution in [0.5, 0.6) is 5.75 Å². The van der Waals surface area contributed by atoms with Gasteiger partial charge in [0.15, 0.2) is 6.61 Å². The van der Waals surface area contributed by atoms with Gasteiger partial charge in [-0.05, 0) is 42.6 Å². The van der Waals surface area contributed by atoms with Gasteiger partial charge >= 0.3 is 0 Å². The number of ether oxygens (including phenoxy) is 1. The maximum atomic E-state index is 12.9. The average Bonchev–Trinajstić information content (AvgIpc) is 3.40. The van der Waals surface area contributed by atoms with E-state index in [2.05, 4.69) is 5.32 Å².